The number of hydrogen-bond acceptors (Lipinski definition) is 3. The summed E-state index contributed by atoms with van der Waals surface area (Å²) >= 11 is 0. The highest BCUT2D eigenvalue weighted by Gasteiger charge is 2.18. The first-order chi connectivity index (χ1) is 11.1. The minimum atomic E-state index is -0.0725. The molecule has 0 spiro atoms. The average Bonchev–Trinajstić information content (AvgIpc) is 2.59. The minimum Gasteiger partial charge on any atom is -0.497 e. The third kappa shape index (κ3) is 3.92. The Morgan fingerprint density at radius 2 is 1.78 bits per heavy atom. The van der Waals surface area contributed by atoms with Crippen LogP contribution in [0.1, 0.15) is 18.1 Å². The number of methoxy groups -OCH3 is 2. The molecule has 0 N–H and O–H groups in total. The van der Waals surface area contributed by atoms with Crippen molar-refractivity contribution in [3.05, 3.63) is 66.2 Å². The van der Waals surface area contributed by atoms with E-state index in [1.165, 1.54) is 6.92 Å². The quantitative estimate of drug-likeness (QED) is 0.816. The molecule has 2 aromatic rings. The normalized spacial score (nSPS) is 10.0. The van der Waals surface area contributed by atoms with Crippen molar-refractivity contribution in [2.75, 3.05) is 14.2 Å². The van der Waals surface area contributed by atoms with Crippen LogP contribution in [0.25, 0.3) is 5.70 Å². The van der Waals surface area contributed by atoms with Crippen molar-refractivity contribution < 1.29 is 14.3 Å². The Morgan fingerprint density at radius 1 is 1.09 bits per heavy atom. The Kier molecular flexibility index (Phi) is 5.41. The summed E-state index contributed by atoms with van der Waals surface area (Å²) < 4.78 is 10.6. The largest absolute Gasteiger partial charge is 0.497 e. The second-order valence-corrected chi connectivity index (χ2v) is 5.10. The van der Waals surface area contributed by atoms with Gasteiger partial charge in [0.25, 0.3) is 0 Å². The molecule has 2 rings (SSSR count). The van der Waals surface area contributed by atoms with E-state index in [1.54, 1.807) is 25.2 Å². The topological polar surface area (TPSA) is 38.8 Å². The number of nitrogens with zero attached hydrogens (tertiary/aromatic N) is 1. The molecule has 0 aliphatic rings. The van der Waals surface area contributed by atoms with Gasteiger partial charge in [0.1, 0.15) is 11.5 Å². The van der Waals surface area contributed by atoms with Gasteiger partial charge in [-0.25, -0.2) is 0 Å². The number of hydrogen-bond donors (Lipinski definition) is 0. The van der Waals surface area contributed by atoms with Crippen LogP contribution in [0.15, 0.2) is 55.1 Å². The molecular formula is C19H21NO3. The summed E-state index contributed by atoms with van der Waals surface area (Å²) in [6.45, 7) is 6.09. The summed E-state index contributed by atoms with van der Waals surface area (Å²) in [4.78, 5) is 13.7. The number of ether oxygens (including phenoxy) is 2. The van der Waals surface area contributed by atoms with E-state index in [9.17, 15) is 4.79 Å². The standard InChI is InChI=1S/C19H21NO3/c1-14(18-11-10-17(22-3)12-19(18)23-4)20(15(2)21)13-16-8-6-5-7-9-16/h5-12H,1,13H2,2-4H3. The van der Waals surface area contributed by atoms with Crippen LogP contribution >= 0.6 is 0 Å². The van der Waals surface area contributed by atoms with Crippen molar-refractivity contribution in [1.82, 2.24) is 4.90 Å². The van der Waals surface area contributed by atoms with Crippen molar-refractivity contribution in [3.63, 3.8) is 0 Å². The molecule has 0 heterocycles. The molecule has 0 bridgehead atoms. The van der Waals surface area contributed by atoms with Crippen LogP contribution in [0, 0.1) is 0 Å². The van der Waals surface area contributed by atoms with E-state index in [0.717, 1.165) is 11.1 Å². The summed E-state index contributed by atoms with van der Waals surface area (Å²) in [5, 5.41) is 0. The van der Waals surface area contributed by atoms with Crippen LogP contribution in [-0.4, -0.2) is 25.0 Å². The second-order valence-electron chi connectivity index (χ2n) is 5.10. The van der Waals surface area contributed by atoms with Crippen LogP contribution in [0.4, 0.5) is 0 Å². The monoisotopic (exact) mass is 311 g/mol. The molecule has 0 aliphatic carbocycles. The summed E-state index contributed by atoms with van der Waals surface area (Å²) in [5.41, 5.74) is 2.40. The Morgan fingerprint density at radius 3 is 2.35 bits per heavy atom. The second kappa shape index (κ2) is 7.49. The molecule has 4 nitrogen and oxygen atoms in total. The smallest absolute Gasteiger partial charge is 0.224 e. The molecule has 0 unspecified atom stereocenters. The lowest BCUT2D eigenvalue weighted by molar-refractivity contribution is -0.126. The van der Waals surface area contributed by atoms with Crippen LogP contribution in [0.5, 0.6) is 11.5 Å². The van der Waals surface area contributed by atoms with Gasteiger partial charge in [-0.3, -0.25) is 4.79 Å². The van der Waals surface area contributed by atoms with Gasteiger partial charge in [-0.15, -0.1) is 0 Å². The van der Waals surface area contributed by atoms with Crippen LogP contribution < -0.4 is 9.47 Å². The average molecular weight is 311 g/mol. The number of benzene rings is 2. The van der Waals surface area contributed by atoms with Gasteiger partial charge in [-0.1, -0.05) is 36.9 Å². The molecule has 0 saturated heterocycles. The van der Waals surface area contributed by atoms with Crippen molar-refractivity contribution in [1.29, 1.82) is 0 Å². The fourth-order valence-corrected chi connectivity index (χ4v) is 2.35. The van der Waals surface area contributed by atoms with Crippen molar-refractivity contribution in [2.45, 2.75) is 13.5 Å². The van der Waals surface area contributed by atoms with E-state index in [0.29, 0.717) is 23.7 Å². The lowest BCUT2D eigenvalue weighted by Crippen LogP contribution is -2.26. The maximum absolute atomic E-state index is 12.1. The number of amides is 1. The summed E-state index contributed by atoms with van der Waals surface area (Å²) in [5.74, 6) is 1.24. The first-order valence-electron chi connectivity index (χ1n) is 7.30. The summed E-state index contributed by atoms with van der Waals surface area (Å²) in [6.07, 6.45) is 0. The summed E-state index contributed by atoms with van der Waals surface area (Å²) in [7, 11) is 3.18. The Bertz CT molecular complexity index is 695. The molecule has 0 aliphatic heterocycles. The zero-order chi connectivity index (χ0) is 16.8. The molecular weight excluding hydrogens is 290 g/mol. The third-order valence-electron chi connectivity index (χ3n) is 3.61. The lowest BCUT2D eigenvalue weighted by atomic mass is 10.1. The highest BCUT2D eigenvalue weighted by molar-refractivity contribution is 5.86. The van der Waals surface area contributed by atoms with Gasteiger partial charge in [0.15, 0.2) is 0 Å². The number of carbonyl (C=O) groups excluding carboxylic acids is 1. The van der Waals surface area contributed by atoms with Gasteiger partial charge in [-0.2, -0.15) is 0 Å². The van der Waals surface area contributed by atoms with Gasteiger partial charge in [-0.05, 0) is 17.7 Å². The van der Waals surface area contributed by atoms with Gasteiger partial charge < -0.3 is 14.4 Å². The van der Waals surface area contributed by atoms with E-state index in [2.05, 4.69) is 6.58 Å². The first kappa shape index (κ1) is 16.6. The Labute approximate surface area is 137 Å². The highest BCUT2D eigenvalue weighted by atomic mass is 16.5. The van der Waals surface area contributed by atoms with Gasteiger partial charge in [0.2, 0.25) is 5.91 Å². The highest BCUT2D eigenvalue weighted by Crippen LogP contribution is 2.31. The minimum absolute atomic E-state index is 0.0725. The number of rotatable bonds is 6. The van der Waals surface area contributed by atoms with Crippen molar-refractivity contribution >= 4 is 11.6 Å². The van der Waals surface area contributed by atoms with E-state index < -0.39 is 0 Å². The van der Waals surface area contributed by atoms with Crippen molar-refractivity contribution in [2.24, 2.45) is 0 Å². The maximum atomic E-state index is 12.1. The van der Waals surface area contributed by atoms with E-state index in [4.69, 9.17) is 9.47 Å². The van der Waals surface area contributed by atoms with Crippen LogP contribution in [-0.2, 0) is 11.3 Å². The van der Waals surface area contributed by atoms with E-state index in [-0.39, 0.29) is 5.91 Å². The SMILES string of the molecule is C=C(c1ccc(OC)cc1OC)N(Cc1ccccc1)C(C)=O. The molecule has 4 heteroatoms. The van der Waals surface area contributed by atoms with Crippen LogP contribution in [0.2, 0.25) is 0 Å². The molecule has 0 saturated carbocycles. The molecule has 1 amide bonds. The Balaban J connectivity index is 2.33. The predicted molar refractivity (Wildman–Crippen MR) is 91.2 cm³/mol. The summed E-state index contributed by atoms with van der Waals surface area (Å²) in [6, 6.07) is 15.3. The van der Waals surface area contributed by atoms with E-state index in [1.807, 2.05) is 42.5 Å². The molecule has 0 aromatic heterocycles. The molecule has 0 radical (unpaired) electrons. The van der Waals surface area contributed by atoms with Gasteiger partial charge in [0.05, 0.1) is 20.8 Å². The third-order valence-corrected chi connectivity index (χ3v) is 3.61. The molecule has 23 heavy (non-hydrogen) atoms. The van der Waals surface area contributed by atoms with Gasteiger partial charge in [0, 0.05) is 24.3 Å². The molecule has 0 fully saturated rings. The van der Waals surface area contributed by atoms with Crippen molar-refractivity contribution in [3.8, 4) is 11.5 Å². The van der Waals surface area contributed by atoms with Gasteiger partial charge >= 0.3 is 0 Å². The van der Waals surface area contributed by atoms with E-state index >= 15 is 0 Å². The maximum Gasteiger partial charge on any atom is 0.224 e. The predicted octanol–water partition coefficient (Wildman–Crippen LogP) is 3.72. The first-order valence-corrected chi connectivity index (χ1v) is 7.30. The Hall–Kier alpha value is -2.75. The zero-order valence-electron chi connectivity index (χ0n) is 13.7. The van der Waals surface area contributed by atoms with Crippen LogP contribution in [0.3, 0.4) is 0 Å². The zero-order valence-corrected chi connectivity index (χ0v) is 13.7. The number of carbonyl (C=O) groups is 1. The molecule has 0 atom stereocenters. The lowest BCUT2D eigenvalue weighted by Gasteiger charge is -2.25. The fraction of sp³-hybridized carbons (Fsp3) is 0.211. The fourth-order valence-electron chi connectivity index (χ4n) is 2.35. The molecule has 2 aromatic carbocycles. The molecule has 120 valence electrons.